The van der Waals surface area contributed by atoms with E-state index in [9.17, 15) is 4.79 Å². The first-order valence-corrected chi connectivity index (χ1v) is 15.6. The normalized spacial score (nSPS) is 27.3. The summed E-state index contributed by atoms with van der Waals surface area (Å²) in [6, 6.07) is 22.7. The highest BCUT2D eigenvalue weighted by Gasteiger charge is 2.51. The van der Waals surface area contributed by atoms with Crippen molar-refractivity contribution >= 4 is 33.7 Å². The van der Waals surface area contributed by atoms with Gasteiger partial charge in [0, 0.05) is 53.4 Å². The minimum absolute atomic E-state index is 0.278. The van der Waals surface area contributed by atoms with Crippen LogP contribution >= 0.6 is 0 Å². The molecule has 0 unspecified atom stereocenters. The number of benzene rings is 3. The number of ether oxygens (including phenoxy) is 1. The first-order valence-electron chi connectivity index (χ1n) is 15.6. The minimum atomic E-state index is 0.278. The monoisotopic (exact) mass is 545 g/mol. The Hall–Kier alpha value is -3.57. The third-order valence-electron chi connectivity index (χ3n) is 10.5. The van der Waals surface area contributed by atoms with Gasteiger partial charge in [-0.25, -0.2) is 0 Å². The summed E-state index contributed by atoms with van der Waals surface area (Å²) in [6.07, 6.45) is 11.5. The molecule has 4 atom stereocenters. The van der Waals surface area contributed by atoms with Gasteiger partial charge in [-0.2, -0.15) is 0 Å². The molecule has 0 radical (unpaired) electrons. The first kappa shape index (κ1) is 25.2. The van der Waals surface area contributed by atoms with Gasteiger partial charge in [0.05, 0.1) is 7.11 Å². The Morgan fingerprint density at radius 3 is 2.68 bits per heavy atom. The highest BCUT2D eigenvalue weighted by molar-refractivity contribution is 6.02. The van der Waals surface area contributed by atoms with Crippen molar-refractivity contribution in [2.75, 3.05) is 26.7 Å². The van der Waals surface area contributed by atoms with Crippen LogP contribution in [-0.2, 0) is 11.3 Å². The standard InChI is InChI=1S/C36H39N3O2/c1-41-30-13-15-33-32(20-30)29(22-38(33)21-24-10-11-25-6-2-3-7-26(25)18-24)19-27-12-14-34-31-9-5-17-37-16-4-8-28(35(31)37)23-39(34)36(27)40/h2-3,6-7,10-11,13,15,18-20,22,28,31,34-35H,4-5,8-9,12,14,16-17,21,23H2,1H3/b27-19+/t28-,31+,34+,35-/m0/s1. The van der Waals surface area contributed by atoms with Gasteiger partial charge in [-0.05, 0) is 110 Å². The van der Waals surface area contributed by atoms with Crippen molar-refractivity contribution in [1.82, 2.24) is 14.4 Å². The van der Waals surface area contributed by atoms with Crippen LogP contribution in [-0.4, -0.2) is 59.1 Å². The lowest BCUT2D eigenvalue weighted by molar-refractivity contribution is -0.145. The molecule has 4 saturated heterocycles. The largest absolute Gasteiger partial charge is 0.497 e. The van der Waals surface area contributed by atoms with Gasteiger partial charge in [0.1, 0.15) is 5.75 Å². The van der Waals surface area contributed by atoms with Crippen LogP contribution < -0.4 is 4.74 Å². The number of methoxy groups -OCH3 is 1. The summed E-state index contributed by atoms with van der Waals surface area (Å²) in [7, 11) is 1.72. The highest BCUT2D eigenvalue weighted by atomic mass is 16.5. The Kier molecular flexibility index (Phi) is 6.17. The fraction of sp³-hybridized carbons (Fsp3) is 0.417. The molecule has 4 aliphatic heterocycles. The zero-order valence-electron chi connectivity index (χ0n) is 24.0. The number of fused-ring (bicyclic) bond motifs is 4. The molecule has 1 aromatic heterocycles. The summed E-state index contributed by atoms with van der Waals surface area (Å²) < 4.78 is 7.94. The molecule has 5 nitrogen and oxygen atoms in total. The molecular formula is C36H39N3O2. The van der Waals surface area contributed by atoms with Gasteiger partial charge in [0.25, 0.3) is 0 Å². The van der Waals surface area contributed by atoms with E-state index in [2.05, 4.69) is 81.2 Å². The Morgan fingerprint density at radius 1 is 0.951 bits per heavy atom. The summed E-state index contributed by atoms with van der Waals surface area (Å²) in [5, 5.41) is 3.66. The third kappa shape index (κ3) is 4.28. The van der Waals surface area contributed by atoms with Crippen LogP contribution in [0.2, 0.25) is 0 Å². The molecule has 0 bridgehead atoms. The molecule has 210 valence electrons. The van der Waals surface area contributed by atoms with Gasteiger partial charge < -0.3 is 14.2 Å². The number of hydrogen-bond acceptors (Lipinski definition) is 3. The maximum Gasteiger partial charge on any atom is 0.250 e. The van der Waals surface area contributed by atoms with Crippen molar-refractivity contribution in [2.45, 2.75) is 57.2 Å². The third-order valence-corrected chi connectivity index (χ3v) is 10.5. The number of aromatic nitrogens is 1. The number of rotatable bonds is 4. The van der Waals surface area contributed by atoms with Crippen molar-refractivity contribution in [2.24, 2.45) is 11.8 Å². The maximum absolute atomic E-state index is 14.1. The summed E-state index contributed by atoms with van der Waals surface area (Å²) in [5.74, 6) is 2.42. The molecule has 3 aromatic carbocycles. The molecule has 5 heteroatoms. The van der Waals surface area contributed by atoms with E-state index in [1.54, 1.807) is 7.11 Å². The Bertz CT molecular complexity index is 1670. The number of amides is 1. The van der Waals surface area contributed by atoms with Crippen molar-refractivity contribution < 1.29 is 9.53 Å². The molecule has 1 amide bonds. The second-order valence-corrected chi connectivity index (χ2v) is 12.7. The fourth-order valence-electron chi connectivity index (χ4n) is 8.73. The summed E-state index contributed by atoms with van der Waals surface area (Å²) >= 11 is 0. The molecule has 5 heterocycles. The van der Waals surface area contributed by atoms with E-state index in [4.69, 9.17) is 4.74 Å². The van der Waals surface area contributed by atoms with Crippen LogP contribution in [0.5, 0.6) is 5.75 Å². The molecule has 4 aromatic rings. The lowest BCUT2D eigenvalue weighted by Crippen LogP contribution is -2.66. The Labute approximate surface area is 242 Å². The Balaban J connectivity index is 1.13. The lowest BCUT2D eigenvalue weighted by atomic mass is 9.67. The molecule has 0 N–H and O–H groups in total. The maximum atomic E-state index is 14.1. The molecule has 0 spiro atoms. The topological polar surface area (TPSA) is 37.7 Å². The van der Waals surface area contributed by atoms with E-state index in [1.165, 1.54) is 55.1 Å². The van der Waals surface area contributed by atoms with Crippen LogP contribution in [0.3, 0.4) is 0 Å². The van der Waals surface area contributed by atoms with Gasteiger partial charge >= 0.3 is 0 Å². The zero-order valence-corrected chi connectivity index (χ0v) is 24.0. The predicted molar refractivity (Wildman–Crippen MR) is 165 cm³/mol. The first-order chi connectivity index (χ1) is 20.2. The lowest BCUT2D eigenvalue weighted by Gasteiger charge is -2.58. The van der Waals surface area contributed by atoms with E-state index in [0.717, 1.165) is 53.7 Å². The van der Waals surface area contributed by atoms with Gasteiger partial charge in [0.15, 0.2) is 0 Å². The van der Waals surface area contributed by atoms with Crippen molar-refractivity contribution in [3.63, 3.8) is 0 Å². The number of carbonyl (C=O) groups excluding carboxylic acids is 1. The van der Waals surface area contributed by atoms with Crippen molar-refractivity contribution in [3.8, 4) is 5.75 Å². The van der Waals surface area contributed by atoms with E-state index in [0.29, 0.717) is 23.9 Å². The van der Waals surface area contributed by atoms with E-state index in [-0.39, 0.29) is 5.91 Å². The van der Waals surface area contributed by atoms with E-state index >= 15 is 0 Å². The van der Waals surface area contributed by atoms with Crippen LogP contribution in [0.15, 0.2) is 72.4 Å². The fourth-order valence-corrected chi connectivity index (χ4v) is 8.73. The molecule has 0 saturated carbocycles. The summed E-state index contributed by atoms with van der Waals surface area (Å²) in [4.78, 5) is 19.2. The van der Waals surface area contributed by atoms with Crippen molar-refractivity contribution in [3.05, 3.63) is 83.6 Å². The van der Waals surface area contributed by atoms with Crippen molar-refractivity contribution in [1.29, 1.82) is 0 Å². The molecule has 41 heavy (non-hydrogen) atoms. The second kappa shape index (κ2) is 10.1. The SMILES string of the molecule is COc1ccc2c(c1)c(/C=C1\CC[C@@H]3[C@H]4CCCN5CCC[C@@H](CN3C1=O)[C@@H]45)cn2Cc1ccc2ccccc2c1. The zero-order chi connectivity index (χ0) is 27.5. The molecule has 0 aliphatic carbocycles. The average molecular weight is 546 g/mol. The van der Waals surface area contributed by atoms with Crippen LogP contribution in [0, 0.1) is 11.8 Å². The Morgan fingerprint density at radius 2 is 1.80 bits per heavy atom. The second-order valence-electron chi connectivity index (χ2n) is 12.7. The van der Waals surface area contributed by atoms with Gasteiger partial charge in [-0.15, -0.1) is 0 Å². The predicted octanol–water partition coefficient (Wildman–Crippen LogP) is 6.73. The number of carbonyl (C=O) groups is 1. The molecule has 8 rings (SSSR count). The van der Waals surface area contributed by atoms with Crippen LogP contribution in [0.1, 0.15) is 49.7 Å². The van der Waals surface area contributed by atoms with Crippen LogP contribution in [0.25, 0.3) is 27.8 Å². The number of piperidine rings is 4. The molecule has 4 fully saturated rings. The average Bonchev–Trinajstić information content (AvgIpc) is 3.34. The number of hydrogen-bond donors (Lipinski definition) is 0. The van der Waals surface area contributed by atoms with Gasteiger partial charge in [-0.3, -0.25) is 9.69 Å². The summed E-state index contributed by atoms with van der Waals surface area (Å²) in [6.45, 7) is 4.24. The van der Waals surface area contributed by atoms with E-state index < -0.39 is 0 Å². The van der Waals surface area contributed by atoms with Gasteiger partial charge in [-0.1, -0.05) is 36.4 Å². The highest BCUT2D eigenvalue weighted by Crippen LogP contribution is 2.45. The minimum Gasteiger partial charge on any atom is -0.497 e. The molecular weight excluding hydrogens is 506 g/mol. The smallest absolute Gasteiger partial charge is 0.250 e. The molecule has 4 aliphatic rings. The van der Waals surface area contributed by atoms with E-state index in [1.807, 2.05) is 6.07 Å². The van der Waals surface area contributed by atoms with Gasteiger partial charge in [0.2, 0.25) is 5.91 Å². The number of nitrogens with zero attached hydrogens (tertiary/aromatic N) is 3. The quantitative estimate of drug-likeness (QED) is 0.267. The van der Waals surface area contributed by atoms with Crippen LogP contribution in [0.4, 0.5) is 0 Å². The summed E-state index contributed by atoms with van der Waals surface area (Å²) in [5.41, 5.74) is 4.51.